The maximum Gasteiger partial charge on any atom is 0.407 e. The second kappa shape index (κ2) is 12.8. The van der Waals surface area contributed by atoms with Crippen LogP contribution in [0.15, 0.2) is 78.9 Å². The third-order valence-electron chi connectivity index (χ3n) is 4.89. The van der Waals surface area contributed by atoms with Crippen LogP contribution in [0.2, 0.25) is 0 Å². The number of hydrogen-bond donors (Lipinski definition) is 4. The molecule has 5 N–H and O–H groups in total. The van der Waals surface area contributed by atoms with Crippen LogP contribution < -0.4 is 11.1 Å². The summed E-state index contributed by atoms with van der Waals surface area (Å²) >= 11 is 0. The summed E-state index contributed by atoms with van der Waals surface area (Å²) in [7, 11) is 0. The zero-order valence-corrected chi connectivity index (χ0v) is 19.0. The van der Waals surface area contributed by atoms with Crippen LogP contribution in [-0.2, 0) is 11.3 Å². The average Bonchev–Trinajstić information content (AvgIpc) is 2.84. The number of ether oxygens (including phenoxy) is 1. The van der Waals surface area contributed by atoms with E-state index in [0.717, 1.165) is 16.7 Å². The van der Waals surface area contributed by atoms with Gasteiger partial charge in [-0.2, -0.15) is 0 Å². The standard InChI is InChI=1S/C17H17NO4.C9H11NO2/c1-12(14-7-9-15(10-8-14)16(19)20)18-17(21)22-11-13-5-3-2-4-6-13;1-6(10)7-2-4-8(5-3-7)9(11)12/h2-10,12H,11H2,1H3,(H,18,21)(H,19,20);2-6H,10H2,1H3,(H,11,12)/t12-;6-/m00/s1. The predicted molar refractivity (Wildman–Crippen MR) is 128 cm³/mol. The van der Waals surface area contributed by atoms with E-state index in [1.807, 2.05) is 37.3 Å². The first-order valence-electron chi connectivity index (χ1n) is 10.6. The first-order chi connectivity index (χ1) is 16.2. The lowest BCUT2D eigenvalue weighted by Crippen LogP contribution is -2.27. The van der Waals surface area contributed by atoms with Gasteiger partial charge in [-0.15, -0.1) is 0 Å². The van der Waals surface area contributed by atoms with Gasteiger partial charge in [0.15, 0.2) is 0 Å². The van der Waals surface area contributed by atoms with Crippen molar-refractivity contribution in [3.05, 3.63) is 107 Å². The first kappa shape index (κ1) is 26.1. The number of hydrogen-bond acceptors (Lipinski definition) is 5. The van der Waals surface area contributed by atoms with Crippen LogP contribution in [0.1, 0.15) is 63.3 Å². The predicted octanol–water partition coefficient (Wildman–Crippen LogP) is 4.78. The first-order valence-corrected chi connectivity index (χ1v) is 10.6. The van der Waals surface area contributed by atoms with E-state index >= 15 is 0 Å². The highest BCUT2D eigenvalue weighted by molar-refractivity contribution is 5.88. The summed E-state index contributed by atoms with van der Waals surface area (Å²) in [6.45, 7) is 3.87. The quantitative estimate of drug-likeness (QED) is 0.395. The Labute approximate surface area is 198 Å². The number of alkyl carbamates (subject to hydrolysis) is 1. The summed E-state index contributed by atoms with van der Waals surface area (Å²) < 4.78 is 5.14. The van der Waals surface area contributed by atoms with Crippen molar-refractivity contribution in [2.24, 2.45) is 5.73 Å². The maximum absolute atomic E-state index is 11.7. The van der Waals surface area contributed by atoms with Gasteiger partial charge in [0.2, 0.25) is 0 Å². The van der Waals surface area contributed by atoms with Gasteiger partial charge in [-0.25, -0.2) is 14.4 Å². The lowest BCUT2D eigenvalue weighted by molar-refractivity contribution is 0.0686. The Kier molecular flexibility index (Phi) is 9.79. The average molecular weight is 465 g/mol. The minimum Gasteiger partial charge on any atom is -0.478 e. The molecule has 178 valence electrons. The highest BCUT2D eigenvalue weighted by atomic mass is 16.5. The number of aromatic carboxylic acids is 2. The Morgan fingerprint density at radius 3 is 1.71 bits per heavy atom. The number of carboxylic acids is 2. The number of carbonyl (C=O) groups is 3. The van der Waals surface area contributed by atoms with Crippen LogP contribution in [0.5, 0.6) is 0 Å². The molecule has 0 aliphatic heterocycles. The fourth-order valence-corrected chi connectivity index (χ4v) is 2.87. The summed E-state index contributed by atoms with van der Waals surface area (Å²) in [5, 5.41) is 20.1. The largest absolute Gasteiger partial charge is 0.478 e. The molecular formula is C26H28N2O6. The summed E-state index contributed by atoms with van der Waals surface area (Å²) in [6.07, 6.45) is -0.515. The lowest BCUT2D eigenvalue weighted by Gasteiger charge is -2.14. The molecule has 0 fully saturated rings. The van der Waals surface area contributed by atoms with Crippen molar-refractivity contribution in [1.82, 2.24) is 5.32 Å². The molecule has 0 radical (unpaired) electrons. The van der Waals surface area contributed by atoms with Crippen LogP contribution >= 0.6 is 0 Å². The van der Waals surface area contributed by atoms with Gasteiger partial charge in [0.25, 0.3) is 0 Å². The number of benzene rings is 3. The van der Waals surface area contributed by atoms with Gasteiger partial charge < -0.3 is 26.0 Å². The summed E-state index contributed by atoms with van der Waals surface area (Å²) in [5.41, 5.74) is 8.76. The highest BCUT2D eigenvalue weighted by Crippen LogP contribution is 2.14. The van der Waals surface area contributed by atoms with Gasteiger partial charge in [0.05, 0.1) is 17.2 Å². The second-order valence-electron chi connectivity index (χ2n) is 7.57. The molecule has 0 spiro atoms. The minimum absolute atomic E-state index is 0.0483. The van der Waals surface area contributed by atoms with Crippen molar-refractivity contribution < 1.29 is 29.3 Å². The van der Waals surface area contributed by atoms with E-state index in [2.05, 4.69) is 5.32 Å². The lowest BCUT2D eigenvalue weighted by atomic mass is 10.1. The Morgan fingerprint density at radius 2 is 1.26 bits per heavy atom. The Bertz CT molecular complexity index is 1080. The zero-order valence-electron chi connectivity index (χ0n) is 19.0. The van der Waals surface area contributed by atoms with Crippen molar-refractivity contribution in [1.29, 1.82) is 0 Å². The number of rotatable bonds is 7. The van der Waals surface area contributed by atoms with Gasteiger partial charge in [-0.1, -0.05) is 54.6 Å². The summed E-state index contributed by atoms with van der Waals surface area (Å²) in [4.78, 5) is 33.0. The molecule has 3 rings (SSSR count). The second-order valence-corrected chi connectivity index (χ2v) is 7.57. The molecule has 0 heterocycles. The van der Waals surface area contributed by atoms with E-state index in [-0.39, 0.29) is 24.3 Å². The molecule has 8 nitrogen and oxygen atoms in total. The SMILES string of the molecule is C[C@H](N)c1ccc(C(=O)O)cc1.C[C@H](NC(=O)OCc1ccccc1)c1ccc(C(=O)O)cc1. The number of carbonyl (C=O) groups excluding carboxylic acids is 1. The number of nitrogens with two attached hydrogens (primary N) is 1. The molecule has 3 aromatic rings. The van der Waals surface area contributed by atoms with Crippen molar-refractivity contribution >= 4 is 18.0 Å². The van der Waals surface area contributed by atoms with Crippen molar-refractivity contribution in [3.63, 3.8) is 0 Å². The molecule has 0 aromatic heterocycles. The van der Waals surface area contributed by atoms with Gasteiger partial charge in [-0.3, -0.25) is 0 Å². The number of nitrogens with one attached hydrogen (secondary N) is 1. The van der Waals surface area contributed by atoms with E-state index in [9.17, 15) is 14.4 Å². The molecule has 0 saturated carbocycles. The van der Waals surface area contributed by atoms with E-state index in [1.165, 1.54) is 12.1 Å². The molecule has 0 aliphatic rings. The van der Waals surface area contributed by atoms with Crippen LogP contribution in [0.3, 0.4) is 0 Å². The van der Waals surface area contributed by atoms with E-state index in [1.54, 1.807) is 43.3 Å². The van der Waals surface area contributed by atoms with Crippen molar-refractivity contribution in [2.45, 2.75) is 32.5 Å². The van der Waals surface area contributed by atoms with E-state index < -0.39 is 18.0 Å². The highest BCUT2D eigenvalue weighted by Gasteiger charge is 2.11. The molecule has 1 amide bonds. The van der Waals surface area contributed by atoms with E-state index in [0.29, 0.717) is 5.56 Å². The molecule has 0 saturated heterocycles. The maximum atomic E-state index is 11.7. The third kappa shape index (κ3) is 8.40. The Hall–Kier alpha value is -4.17. The number of carboxylic acid groups (broad SMARTS) is 2. The van der Waals surface area contributed by atoms with Gasteiger partial charge in [0, 0.05) is 6.04 Å². The molecule has 34 heavy (non-hydrogen) atoms. The monoisotopic (exact) mass is 464 g/mol. The van der Waals surface area contributed by atoms with Crippen LogP contribution in [0.25, 0.3) is 0 Å². The van der Waals surface area contributed by atoms with E-state index in [4.69, 9.17) is 20.7 Å². The Balaban J connectivity index is 0.000000287. The third-order valence-corrected chi connectivity index (χ3v) is 4.89. The zero-order chi connectivity index (χ0) is 25.1. The normalized spacial score (nSPS) is 11.9. The van der Waals surface area contributed by atoms with Crippen molar-refractivity contribution in [3.8, 4) is 0 Å². The van der Waals surface area contributed by atoms with Crippen LogP contribution in [0.4, 0.5) is 4.79 Å². The topological polar surface area (TPSA) is 139 Å². The van der Waals surface area contributed by atoms with Gasteiger partial charge in [-0.05, 0) is 54.8 Å². The van der Waals surface area contributed by atoms with Gasteiger partial charge >= 0.3 is 18.0 Å². The molecule has 8 heteroatoms. The smallest absolute Gasteiger partial charge is 0.407 e. The fraction of sp³-hybridized carbons (Fsp3) is 0.192. The molecular weight excluding hydrogens is 436 g/mol. The van der Waals surface area contributed by atoms with Crippen LogP contribution in [-0.4, -0.2) is 28.2 Å². The molecule has 0 unspecified atom stereocenters. The van der Waals surface area contributed by atoms with Gasteiger partial charge in [0.1, 0.15) is 6.61 Å². The molecule has 2 atom stereocenters. The fourth-order valence-electron chi connectivity index (χ4n) is 2.87. The molecule has 0 bridgehead atoms. The Morgan fingerprint density at radius 1 is 0.794 bits per heavy atom. The number of amides is 1. The summed E-state index contributed by atoms with van der Waals surface area (Å²) in [5.74, 6) is -1.89. The van der Waals surface area contributed by atoms with Crippen molar-refractivity contribution in [2.75, 3.05) is 0 Å². The molecule has 0 aliphatic carbocycles. The minimum atomic E-state index is -0.977. The summed E-state index contributed by atoms with van der Waals surface area (Å²) in [6, 6.07) is 22.0. The molecule has 3 aromatic carbocycles. The van der Waals surface area contributed by atoms with Crippen LogP contribution in [0, 0.1) is 0 Å².